The highest BCUT2D eigenvalue weighted by Crippen LogP contribution is 2.17. The molecule has 0 atom stereocenters. The molecule has 2 heterocycles. The zero-order valence-corrected chi connectivity index (χ0v) is 20.7. The highest BCUT2D eigenvalue weighted by atomic mass is 16.2. The first kappa shape index (κ1) is 24.1. The molecule has 4 aromatic rings. The summed E-state index contributed by atoms with van der Waals surface area (Å²) >= 11 is 0. The van der Waals surface area contributed by atoms with Crippen molar-refractivity contribution in [1.82, 2.24) is 24.1 Å². The Hall–Kier alpha value is -4.01. The lowest BCUT2D eigenvalue weighted by Gasteiger charge is -2.13. The fraction of sp³-hybridized carbons (Fsp3) is 0.346. The largest absolute Gasteiger partial charge is 0.352 e. The van der Waals surface area contributed by atoms with E-state index in [2.05, 4.69) is 10.4 Å². The van der Waals surface area contributed by atoms with E-state index in [-0.39, 0.29) is 52.6 Å². The van der Waals surface area contributed by atoms with Crippen molar-refractivity contribution in [3.05, 3.63) is 79.5 Å². The maximum atomic E-state index is 13.5. The van der Waals surface area contributed by atoms with Crippen LogP contribution in [-0.4, -0.2) is 36.5 Å². The second-order valence-corrected chi connectivity index (χ2v) is 9.45. The number of Topliss-reactive ketones (excluding diaryl/α,β-unsaturated/α-hetero) is 1. The van der Waals surface area contributed by atoms with Gasteiger partial charge in [-0.2, -0.15) is 0 Å². The molecule has 0 aliphatic heterocycles. The summed E-state index contributed by atoms with van der Waals surface area (Å²) in [4.78, 5) is 52.4. The van der Waals surface area contributed by atoms with Crippen LogP contribution in [-0.2, 0) is 6.54 Å². The molecule has 0 saturated carbocycles. The number of carbonyl (C=O) groups is 2. The number of nitrogens with one attached hydrogen (secondary N) is 1. The summed E-state index contributed by atoms with van der Waals surface area (Å²) < 4.78 is 3.81. The minimum atomic E-state index is -0.557. The molecule has 4 rings (SSSR count). The van der Waals surface area contributed by atoms with Crippen molar-refractivity contribution in [2.24, 2.45) is 0 Å². The van der Waals surface area contributed by atoms with Gasteiger partial charge in [0.2, 0.25) is 5.78 Å². The number of aryl methyl sites for hydroxylation is 2. The van der Waals surface area contributed by atoms with Gasteiger partial charge in [-0.05, 0) is 65.3 Å². The van der Waals surface area contributed by atoms with Crippen LogP contribution >= 0.6 is 0 Å². The van der Waals surface area contributed by atoms with Crippen molar-refractivity contribution in [2.45, 2.75) is 60.2 Å². The van der Waals surface area contributed by atoms with E-state index in [1.807, 2.05) is 53.7 Å². The van der Waals surface area contributed by atoms with Crippen LogP contribution in [0, 0.1) is 13.8 Å². The smallest absolute Gasteiger partial charge is 0.350 e. The number of aromatic nitrogens is 4. The molecule has 1 amide bonds. The number of fused-ring (bicyclic) bond motifs is 3. The number of ketones is 1. The maximum absolute atomic E-state index is 13.5. The van der Waals surface area contributed by atoms with Crippen molar-refractivity contribution in [2.75, 3.05) is 0 Å². The summed E-state index contributed by atoms with van der Waals surface area (Å²) in [6.45, 7) is 10.9. The van der Waals surface area contributed by atoms with Gasteiger partial charge in [-0.25, -0.2) is 13.9 Å². The molecule has 2 aromatic heterocycles. The van der Waals surface area contributed by atoms with Crippen LogP contribution in [0.15, 0.2) is 46.0 Å². The van der Waals surface area contributed by atoms with Crippen molar-refractivity contribution < 1.29 is 9.59 Å². The van der Waals surface area contributed by atoms with Crippen LogP contribution in [0.1, 0.15) is 65.6 Å². The summed E-state index contributed by atoms with van der Waals surface area (Å²) in [5.74, 6) is -0.446. The fourth-order valence-electron chi connectivity index (χ4n) is 4.28. The van der Waals surface area contributed by atoms with Gasteiger partial charge in [0.15, 0.2) is 5.78 Å². The first-order chi connectivity index (χ1) is 16.5. The Bertz CT molecular complexity index is 1600. The van der Waals surface area contributed by atoms with Gasteiger partial charge in [0.1, 0.15) is 6.54 Å². The first-order valence-corrected chi connectivity index (χ1v) is 11.6. The van der Waals surface area contributed by atoms with Crippen LogP contribution in [0.5, 0.6) is 0 Å². The third kappa shape index (κ3) is 4.29. The van der Waals surface area contributed by atoms with Crippen LogP contribution in [0.4, 0.5) is 0 Å². The number of benzene rings is 2. The van der Waals surface area contributed by atoms with Gasteiger partial charge < -0.3 is 5.32 Å². The Labute approximate surface area is 202 Å². The zero-order valence-electron chi connectivity index (χ0n) is 20.7. The Morgan fingerprint density at radius 2 is 1.71 bits per heavy atom. The molecule has 0 fully saturated rings. The molecule has 9 nitrogen and oxygen atoms in total. The molecule has 0 saturated heterocycles. The Morgan fingerprint density at radius 3 is 2.34 bits per heavy atom. The van der Waals surface area contributed by atoms with Gasteiger partial charge in [-0.1, -0.05) is 23.8 Å². The molecule has 182 valence electrons. The molecular weight excluding hydrogens is 446 g/mol. The highest BCUT2D eigenvalue weighted by Gasteiger charge is 2.22. The predicted octanol–water partition coefficient (Wildman–Crippen LogP) is 3.03. The number of carbonyl (C=O) groups excluding carboxylic acids is 2. The van der Waals surface area contributed by atoms with Gasteiger partial charge in [0.05, 0.1) is 10.9 Å². The molecule has 9 heteroatoms. The van der Waals surface area contributed by atoms with E-state index in [0.29, 0.717) is 11.1 Å². The summed E-state index contributed by atoms with van der Waals surface area (Å²) in [5.41, 5.74) is 2.08. The van der Waals surface area contributed by atoms with E-state index in [4.69, 9.17) is 0 Å². The SMILES string of the molecule is Cc1ccc(C(=O)Cn2nc3n(C(C)C)c(=O)c4ccc(C(=O)NC(C)C)cc4n3c2=O)c(C)c1. The topological polar surface area (TPSA) is 107 Å². The van der Waals surface area contributed by atoms with Gasteiger partial charge in [0.25, 0.3) is 11.5 Å². The summed E-state index contributed by atoms with van der Waals surface area (Å²) in [6, 6.07) is 9.77. The predicted molar refractivity (Wildman–Crippen MR) is 134 cm³/mol. The maximum Gasteiger partial charge on any atom is 0.352 e. The minimum absolute atomic E-state index is 0.0751. The summed E-state index contributed by atoms with van der Waals surface area (Å²) in [7, 11) is 0. The average Bonchev–Trinajstić information content (AvgIpc) is 3.08. The highest BCUT2D eigenvalue weighted by molar-refractivity contribution is 5.98. The minimum Gasteiger partial charge on any atom is -0.350 e. The molecule has 2 aromatic carbocycles. The molecule has 0 unspecified atom stereocenters. The van der Waals surface area contributed by atoms with Crippen molar-refractivity contribution in [3.63, 3.8) is 0 Å². The summed E-state index contributed by atoms with van der Waals surface area (Å²) in [6.07, 6.45) is 0. The molecule has 35 heavy (non-hydrogen) atoms. The number of rotatable bonds is 6. The van der Waals surface area contributed by atoms with Crippen molar-refractivity contribution >= 4 is 28.4 Å². The lowest BCUT2D eigenvalue weighted by atomic mass is 10.0. The van der Waals surface area contributed by atoms with Crippen LogP contribution in [0.3, 0.4) is 0 Å². The number of nitrogens with zero attached hydrogens (tertiary/aromatic N) is 4. The van der Waals surface area contributed by atoms with Crippen molar-refractivity contribution in [1.29, 1.82) is 0 Å². The van der Waals surface area contributed by atoms with Gasteiger partial charge in [-0.3, -0.25) is 19.0 Å². The van der Waals surface area contributed by atoms with Crippen LogP contribution < -0.4 is 16.6 Å². The lowest BCUT2D eigenvalue weighted by molar-refractivity contribution is 0.0940. The molecular formula is C26H29N5O4. The number of hydrogen-bond donors (Lipinski definition) is 1. The van der Waals surface area contributed by atoms with Crippen LogP contribution in [0.25, 0.3) is 16.7 Å². The molecule has 0 radical (unpaired) electrons. The third-order valence-corrected chi connectivity index (χ3v) is 5.90. The van der Waals surface area contributed by atoms with Crippen molar-refractivity contribution in [3.8, 4) is 0 Å². The molecule has 0 spiro atoms. The zero-order chi connectivity index (χ0) is 25.6. The number of hydrogen-bond acceptors (Lipinski definition) is 5. The van der Waals surface area contributed by atoms with Gasteiger partial charge in [0, 0.05) is 23.2 Å². The fourth-order valence-corrected chi connectivity index (χ4v) is 4.28. The normalized spacial score (nSPS) is 11.7. The lowest BCUT2D eigenvalue weighted by Crippen LogP contribution is -2.31. The molecule has 0 bridgehead atoms. The quantitative estimate of drug-likeness (QED) is 0.432. The molecule has 0 aliphatic rings. The Kier molecular flexibility index (Phi) is 6.19. The molecule has 0 aliphatic carbocycles. The van der Waals surface area contributed by atoms with E-state index >= 15 is 0 Å². The van der Waals surface area contributed by atoms with E-state index in [1.165, 1.54) is 15.0 Å². The second kappa shape index (κ2) is 8.98. The van der Waals surface area contributed by atoms with E-state index in [0.717, 1.165) is 15.8 Å². The van der Waals surface area contributed by atoms with Gasteiger partial charge >= 0.3 is 5.69 Å². The Morgan fingerprint density at radius 1 is 1.00 bits per heavy atom. The second-order valence-electron chi connectivity index (χ2n) is 9.45. The van der Waals surface area contributed by atoms with Gasteiger partial charge in [-0.15, -0.1) is 5.10 Å². The van der Waals surface area contributed by atoms with E-state index in [1.54, 1.807) is 18.2 Å². The Balaban J connectivity index is 1.93. The summed E-state index contributed by atoms with van der Waals surface area (Å²) in [5, 5.41) is 7.49. The molecule has 1 N–H and O–H groups in total. The number of amides is 1. The third-order valence-electron chi connectivity index (χ3n) is 5.90. The standard InChI is InChI=1S/C26H29N5O4/c1-14(2)27-23(33)18-8-10-20-21(12-18)31-25(30(15(3)4)24(20)34)28-29(26(31)35)13-22(32)19-9-7-16(5)11-17(19)6/h7-12,14-15H,13H2,1-6H3,(H,27,33). The van der Waals surface area contributed by atoms with E-state index in [9.17, 15) is 19.2 Å². The monoisotopic (exact) mass is 475 g/mol. The first-order valence-electron chi connectivity index (χ1n) is 11.6. The average molecular weight is 476 g/mol. The van der Waals surface area contributed by atoms with E-state index < -0.39 is 5.69 Å². The van der Waals surface area contributed by atoms with Crippen LogP contribution in [0.2, 0.25) is 0 Å².